The van der Waals surface area contributed by atoms with Crippen LogP contribution in [0.1, 0.15) is 43.2 Å². The molecule has 0 bridgehead atoms. The van der Waals surface area contributed by atoms with E-state index in [4.69, 9.17) is 10.6 Å². The molecule has 4 nitrogen and oxygen atoms in total. The number of halogens is 1. The number of nitrogens with zero attached hydrogens (tertiary/aromatic N) is 1. The minimum atomic E-state index is -0.0248. The molecule has 5 heteroatoms. The summed E-state index contributed by atoms with van der Waals surface area (Å²) in [7, 11) is 0. The van der Waals surface area contributed by atoms with Crippen LogP contribution in [0.4, 0.5) is 0 Å². The second kappa shape index (κ2) is 7.14. The van der Waals surface area contributed by atoms with Crippen LogP contribution in [0.15, 0.2) is 27.8 Å². The summed E-state index contributed by atoms with van der Waals surface area (Å²) < 4.78 is 6.86. The van der Waals surface area contributed by atoms with E-state index < -0.39 is 0 Å². The average Bonchev–Trinajstić information content (AvgIpc) is 3.36. The minimum absolute atomic E-state index is 0.0248. The SMILES string of the molecule is Cc1ccc(Br)cc1C1(/C(C=[NH+]CC2CCCCO2)=N/N)CC1. The first kappa shape index (κ1) is 16.7. The number of hydrogen-bond donors (Lipinski definition) is 2. The number of aryl methyl sites for hydroxylation is 1. The van der Waals surface area contributed by atoms with Gasteiger partial charge in [-0.25, -0.2) is 4.99 Å². The topological polar surface area (TPSA) is 61.6 Å². The van der Waals surface area contributed by atoms with Gasteiger partial charge in [0, 0.05) is 16.5 Å². The third kappa shape index (κ3) is 3.66. The molecule has 0 aromatic heterocycles. The van der Waals surface area contributed by atoms with E-state index in [0.29, 0.717) is 6.10 Å². The third-order valence-corrected chi connectivity index (χ3v) is 5.45. The lowest BCUT2D eigenvalue weighted by atomic mass is 9.88. The molecule has 124 valence electrons. The lowest BCUT2D eigenvalue weighted by Crippen LogP contribution is -2.74. The van der Waals surface area contributed by atoms with Gasteiger partial charge in [-0.1, -0.05) is 22.0 Å². The molecule has 1 aliphatic heterocycles. The smallest absolute Gasteiger partial charge is 0.186 e. The van der Waals surface area contributed by atoms with Crippen molar-refractivity contribution >= 4 is 27.9 Å². The van der Waals surface area contributed by atoms with Gasteiger partial charge in [0.25, 0.3) is 0 Å². The quantitative estimate of drug-likeness (QED) is 0.466. The summed E-state index contributed by atoms with van der Waals surface area (Å²) in [6.07, 6.45) is 8.06. The molecule has 0 radical (unpaired) electrons. The van der Waals surface area contributed by atoms with Crippen LogP contribution in [0.5, 0.6) is 0 Å². The maximum atomic E-state index is 5.75. The van der Waals surface area contributed by atoms with Gasteiger partial charge in [0.15, 0.2) is 12.8 Å². The van der Waals surface area contributed by atoms with Gasteiger partial charge in [-0.3, -0.25) is 0 Å². The zero-order valence-electron chi connectivity index (χ0n) is 13.6. The van der Waals surface area contributed by atoms with Crippen LogP contribution in [0, 0.1) is 6.92 Å². The van der Waals surface area contributed by atoms with Crippen molar-refractivity contribution in [3.05, 3.63) is 33.8 Å². The van der Waals surface area contributed by atoms with Crippen molar-refractivity contribution in [2.75, 3.05) is 13.2 Å². The molecule has 1 unspecified atom stereocenters. The van der Waals surface area contributed by atoms with Crippen LogP contribution in [0.3, 0.4) is 0 Å². The Morgan fingerprint density at radius 1 is 1.48 bits per heavy atom. The first-order chi connectivity index (χ1) is 11.2. The Balaban J connectivity index is 1.74. The van der Waals surface area contributed by atoms with Gasteiger partial charge in [0.2, 0.25) is 0 Å². The Hall–Kier alpha value is -1.20. The molecule has 23 heavy (non-hydrogen) atoms. The van der Waals surface area contributed by atoms with Crippen molar-refractivity contribution in [2.24, 2.45) is 10.9 Å². The van der Waals surface area contributed by atoms with Gasteiger partial charge >= 0.3 is 0 Å². The van der Waals surface area contributed by atoms with E-state index in [1.807, 2.05) is 6.21 Å². The van der Waals surface area contributed by atoms with Crippen molar-refractivity contribution in [1.29, 1.82) is 0 Å². The lowest BCUT2D eigenvalue weighted by Gasteiger charge is -2.19. The lowest BCUT2D eigenvalue weighted by molar-refractivity contribution is -0.465. The van der Waals surface area contributed by atoms with Crippen molar-refractivity contribution < 1.29 is 9.73 Å². The van der Waals surface area contributed by atoms with Gasteiger partial charge in [0.1, 0.15) is 11.8 Å². The highest BCUT2D eigenvalue weighted by molar-refractivity contribution is 9.10. The molecule has 1 aliphatic carbocycles. The molecule has 2 fully saturated rings. The average molecular weight is 379 g/mol. The van der Waals surface area contributed by atoms with Crippen molar-refractivity contribution in [1.82, 2.24) is 0 Å². The molecule has 1 heterocycles. The molecular formula is C18H25BrN3O+. The fourth-order valence-electron chi connectivity index (χ4n) is 3.45. The van der Waals surface area contributed by atoms with Gasteiger partial charge in [-0.05, 0) is 62.3 Å². The monoisotopic (exact) mass is 378 g/mol. The number of hydrogen-bond acceptors (Lipinski definition) is 3. The maximum Gasteiger partial charge on any atom is 0.186 e. The Bertz CT molecular complexity index is 617. The zero-order valence-corrected chi connectivity index (χ0v) is 15.2. The fraction of sp³-hybridized carbons (Fsp3) is 0.556. The molecule has 3 N–H and O–H groups in total. The van der Waals surface area contributed by atoms with Crippen LogP contribution < -0.4 is 10.8 Å². The van der Waals surface area contributed by atoms with E-state index in [0.717, 1.165) is 42.6 Å². The normalized spacial score (nSPS) is 24.1. The van der Waals surface area contributed by atoms with Gasteiger partial charge in [0.05, 0.1) is 0 Å². The minimum Gasteiger partial charge on any atom is -0.372 e. The molecule has 1 aromatic carbocycles. The summed E-state index contributed by atoms with van der Waals surface area (Å²) in [6.45, 7) is 3.86. The highest BCUT2D eigenvalue weighted by Crippen LogP contribution is 2.50. The largest absolute Gasteiger partial charge is 0.372 e. The summed E-state index contributed by atoms with van der Waals surface area (Å²) in [5.74, 6) is 5.72. The van der Waals surface area contributed by atoms with Crippen LogP contribution >= 0.6 is 15.9 Å². The molecule has 1 saturated heterocycles. The van der Waals surface area contributed by atoms with E-state index in [9.17, 15) is 0 Å². The van der Waals surface area contributed by atoms with Crippen molar-refractivity contribution in [2.45, 2.75) is 50.5 Å². The van der Waals surface area contributed by atoms with E-state index in [1.54, 1.807) is 0 Å². The third-order valence-electron chi connectivity index (χ3n) is 4.95. The van der Waals surface area contributed by atoms with E-state index >= 15 is 0 Å². The number of nitrogens with one attached hydrogen (secondary N) is 1. The fourth-order valence-corrected chi connectivity index (χ4v) is 3.81. The second-order valence-electron chi connectivity index (χ2n) is 6.60. The van der Waals surface area contributed by atoms with Gasteiger partial charge in [-0.2, -0.15) is 5.10 Å². The summed E-state index contributed by atoms with van der Waals surface area (Å²) in [5.41, 5.74) is 3.52. The Kier molecular flexibility index (Phi) is 5.17. The summed E-state index contributed by atoms with van der Waals surface area (Å²) >= 11 is 3.58. The Morgan fingerprint density at radius 2 is 2.30 bits per heavy atom. The van der Waals surface area contributed by atoms with Crippen LogP contribution in [-0.2, 0) is 10.2 Å². The number of rotatable bonds is 5. The van der Waals surface area contributed by atoms with Gasteiger partial charge in [-0.15, -0.1) is 0 Å². The summed E-state index contributed by atoms with van der Waals surface area (Å²) in [4.78, 5) is 3.38. The molecule has 1 saturated carbocycles. The molecule has 3 rings (SSSR count). The number of ether oxygens (including phenoxy) is 1. The molecule has 2 aliphatic rings. The second-order valence-corrected chi connectivity index (χ2v) is 7.51. The van der Waals surface area contributed by atoms with Crippen LogP contribution in [0.25, 0.3) is 0 Å². The number of benzene rings is 1. The van der Waals surface area contributed by atoms with E-state index in [-0.39, 0.29) is 5.41 Å². The van der Waals surface area contributed by atoms with E-state index in [2.05, 4.69) is 51.1 Å². The standard InChI is InChI=1S/C18H24BrN3O/c1-13-5-6-14(19)10-16(13)18(7-8-18)17(22-20)12-21-11-15-4-2-3-9-23-15/h5-6,10,12,15H,2-4,7-9,11,20H2,1H3/p+1/b21-12?,22-17+. The van der Waals surface area contributed by atoms with Crippen molar-refractivity contribution in [3.63, 3.8) is 0 Å². The molecular weight excluding hydrogens is 354 g/mol. The Labute approximate surface area is 146 Å². The molecule has 1 atom stereocenters. The van der Waals surface area contributed by atoms with Crippen LogP contribution in [-0.4, -0.2) is 31.2 Å². The maximum absolute atomic E-state index is 5.75. The molecule has 0 spiro atoms. The number of nitrogens with two attached hydrogens (primary N) is 1. The van der Waals surface area contributed by atoms with Crippen molar-refractivity contribution in [3.8, 4) is 0 Å². The highest BCUT2D eigenvalue weighted by atomic mass is 79.9. The number of hydrazone groups is 1. The zero-order chi connectivity index (χ0) is 16.3. The van der Waals surface area contributed by atoms with E-state index in [1.165, 1.54) is 24.0 Å². The molecule has 1 aromatic rings. The highest BCUT2D eigenvalue weighted by Gasteiger charge is 2.50. The predicted octanol–water partition coefficient (Wildman–Crippen LogP) is 1.82. The Morgan fingerprint density at radius 3 is 2.96 bits per heavy atom. The predicted molar refractivity (Wildman–Crippen MR) is 96.9 cm³/mol. The first-order valence-electron chi connectivity index (χ1n) is 8.39. The summed E-state index contributed by atoms with van der Waals surface area (Å²) in [5, 5.41) is 4.09. The van der Waals surface area contributed by atoms with Gasteiger partial charge < -0.3 is 10.6 Å². The van der Waals surface area contributed by atoms with Crippen LogP contribution in [0.2, 0.25) is 0 Å². The summed E-state index contributed by atoms with van der Waals surface area (Å²) in [6, 6.07) is 6.43. The first-order valence-corrected chi connectivity index (χ1v) is 9.18. The molecule has 0 amide bonds.